The lowest BCUT2D eigenvalue weighted by Crippen LogP contribution is -2.25. The molecule has 0 fully saturated rings. The zero-order valence-electron chi connectivity index (χ0n) is 13.9. The van der Waals surface area contributed by atoms with Crippen molar-refractivity contribution in [2.45, 2.75) is 13.3 Å². The molecule has 3 aromatic rings. The minimum absolute atomic E-state index is 0.0896. The van der Waals surface area contributed by atoms with E-state index >= 15 is 0 Å². The third kappa shape index (κ3) is 4.26. The number of halogens is 3. The number of aryl methyl sites for hydroxylation is 1. The van der Waals surface area contributed by atoms with Gasteiger partial charge in [-0.3, -0.25) is 4.79 Å². The van der Waals surface area contributed by atoms with Gasteiger partial charge >= 0.3 is 0 Å². The molecule has 0 aliphatic heterocycles. The first-order valence-corrected chi connectivity index (χ1v) is 9.09. The Morgan fingerprint density at radius 1 is 1.15 bits per heavy atom. The number of thiazole rings is 1. The van der Waals surface area contributed by atoms with E-state index in [1.165, 1.54) is 6.07 Å². The molecule has 3 nitrogen and oxygen atoms in total. The summed E-state index contributed by atoms with van der Waals surface area (Å²) < 4.78 is 26.1. The van der Waals surface area contributed by atoms with Gasteiger partial charge in [0.05, 0.1) is 5.69 Å². The molecule has 0 aliphatic rings. The SMILES string of the molecule is Cc1nc(-c2ccc(Cl)cc2)sc1CCNC(=O)c1ccc(F)c(F)c1. The molecular formula is C19H15ClF2N2OS. The second-order valence-corrected chi connectivity index (χ2v) is 7.19. The Morgan fingerprint density at radius 2 is 1.88 bits per heavy atom. The maximum atomic E-state index is 13.2. The molecular weight excluding hydrogens is 378 g/mol. The van der Waals surface area contributed by atoms with Gasteiger partial charge in [0.15, 0.2) is 11.6 Å². The van der Waals surface area contributed by atoms with Crippen LogP contribution in [0.15, 0.2) is 42.5 Å². The lowest BCUT2D eigenvalue weighted by molar-refractivity contribution is 0.0953. The Labute approximate surface area is 158 Å². The highest BCUT2D eigenvalue weighted by atomic mass is 35.5. The van der Waals surface area contributed by atoms with Gasteiger partial charge in [0, 0.05) is 34.0 Å². The summed E-state index contributed by atoms with van der Waals surface area (Å²) >= 11 is 7.46. The number of nitrogens with one attached hydrogen (secondary N) is 1. The molecule has 0 bridgehead atoms. The van der Waals surface area contributed by atoms with Crippen LogP contribution in [-0.4, -0.2) is 17.4 Å². The largest absolute Gasteiger partial charge is 0.352 e. The van der Waals surface area contributed by atoms with Crippen molar-refractivity contribution in [3.05, 3.63) is 75.3 Å². The van der Waals surface area contributed by atoms with Crippen LogP contribution in [0.5, 0.6) is 0 Å². The maximum Gasteiger partial charge on any atom is 0.251 e. The molecule has 0 saturated carbocycles. The molecule has 0 unspecified atom stereocenters. The van der Waals surface area contributed by atoms with Gasteiger partial charge in [-0.05, 0) is 37.3 Å². The van der Waals surface area contributed by atoms with Crippen molar-refractivity contribution in [2.75, 3.05) is 6.54 Å². The summed E-state index contributed by atoms with van der Waals surface area (Å²) in [7, 11) is 0. The third-order valence-electron chi connectivity index (χ3n) is 3.80. The van der Waals surface area contributed by atoms with Crippen molar-refractivity contribution in [1.82, 2.24) is 10.3 Å². The Balaban J connectivity index is 1.62. The minimum Gasteiger partial charge on any atom is -0.352 e. The van der Waals surface area contributed by atoms with Crippen molar-refractivity contribution >= 4 is 28.8 Å². The molecule has 134 valence electrons. The van der Waals surface area contributed by atoms with Crippen LogP contribution in [-0.2, 0) is 6.42 Å². The van der Waals surface area contributed by atoms with Crippen LogP contribution in [0.2, 0.25) is 5.02 Å². The third-order valence-corrected chi connectivity index (χ3v) is 5.32. The summed E-state index contributed by atoms with van der Waals surface area (Å²) in [5.74, 6) is -2.45. The van der Waals surface area contributed by atoms with E-state index in [1.54, 1.807) is 11.3 Å². The molecule has 0 saturated heterocycles. The molecule has 2 aromatic carbocycles. The molecule has 1 N–H and O–H groups in total. The monoisotopic (exact) mass is 392 g/mol. The average Bonchev–Trinajstić information content (AvgIpc) is 2.98. The fourth-order valence-corrected chi connectivity index (χ4v) is 3.60. The average molecular weight is 393 g/mol. The Kier molecular flexibility index (Phi) is 5.64. The van der Waals surface area contributed by atoms with E-state index in [-0.39, 0.29) is 5.56 Å². The fourth-order valence-electron chi connectivity index (χ4n) is 2.40. The van der Waals surface area contributed by atoms with E-state index in [4.69, 9.17) is 11.6 Å². The first kappa shape index (κ1) is 18.5. The molecule has 0 atom stereocenters. The van der Waals surface area contributed by atoms with E-state index in [0.717, 1.165) is 33.3 Å². The summed E-state index contributed by atoms with van der Waals surface area (Å²) in [5.41, 5.74) is 1.98. The highest BCUT2D eigenvalue weighted by Crippen LogP contribution is 2.29. The van der Waals surface area contributed by atoms with Crippen molar-refractivity contribution < 1.29 is 13.6 Å². The summed E-state index contributed by atoms with van der Waals surface area (Å²) in [4.78, 5) is 17.6. The maximum absolute atomic E-state index is 13.2. The normalized spacial score (nSPS) is 10.8. The number of hydrogen-bond donors (Lipinski definition) is 1. The lowest BCUT2D eigenvalue weighted by atomic mass is 10.2. The van der Waals surface area contributed by atoms with E-state index in [9.17, 15) is 13.6 Å². The predicted octanol–water partition coefficient (Wildman–Crippen LogP) is 5.02. The van der Waals surface area contributed by atoms with Gasteiger partial charge in [0.25, 0.3) is 5.91 Å². The fraction of sp³-hybridized carbons (Fsp3) is 0.158. The van der Waals surface area contributed by atoms with Crippen LogP contribution >= 0.6 is 22.9 Å². The van der Waals surface area contributed by atoms with Crippen LogP contribution in [0.1, 0.15) is 20.9 Å². The molecule has 3 rings (SSSR count). The lowest BCUT2D eigenvalue weighted by Gasteiger charge is -2.05. The predicted molar refractivity (Wildman–Crippen MR) is 99.7 cm³/mol. The molecule has 1 amide bonds. The molecule has 7 heteroatoms. The number of hydrogen-bond acceptors (Lipinski definition) is 3. The van der Waals surface area contributed by atoms with Crippen LogP contribution in [0.4, 0.5) is 8.78 Å². The van der Waals surface area contributed by atoms with Gasteiger partial charge in [-0.2, -0.15) is 0 Å². The standard InChI is InChI=1S/C19H15ClF2N2OS/c1-11-17(26-19(24-11)12-2-5-14(20)6-3-12)8-9-23-18(25)13-4-7-15(21)16(22)10-13/h2-7,10H,8-9H2,1H3,(H,23,25). The van der Waals surface area contributed by atoms with Gasteiger partial charge in [0.2, 0.25) is 0 Å². The Hall–Kier alpha value is -2.31. The van der Waals surface area contributed by atoms with Crippen molar-refractivity contribution in [2.24, 2.45) is 0 Å². The smallest absolute Gasteiger partial charge is 0.251 e. The first-order valence-electron chi connectivity index (χ1n) is 7.89. The number of amides is 1. The number of aromatic nitrogens is 1. The van der Waals surface area contributed by atoms with E-state index in [0.29, 0.717) is 18.0 Å². The molecule has 26 heavy (non-hydrogen) atoms. The van der Waals surface area contributed by atoms with Crippen molar-refractivity contribution in [3.8, 4) is 10.6 Å². The highest BCUT2D eigenvalue weighted by Gasteiger charge is 2.12. The molecule has 1 heterocycles. The summed E-state index contributed by atoms with van der Waals surface area (Å²) in [6.07, 6.45) is 0.604. The summed E-state index contributed by atoms with van der Waals surface area (Å²) in [6.45, 7) is 2.29. The second-order valence-electron chi connectivity index (χ2n) is 5.67. The van der Waals surface area contributed by atoms with Gasteiger partial charge in [-0.1, -0.05) is 23.7 Å². The highest BCUT2D eigenvalue weighted by molar-refractivity contribution is 7.15. The van der Waals surface area contributed by atoms with Crippen LogP contribution in [0.3, 0.4) is 0 Å². The first-order chi connectivity index (χ1) is 12.4. The van der Waals surface area contributed by atoms with Gasteiger partial charge in [-0.25, -0.2) is 13.8 Å². The van der Waals surface area contributed by atoms with Gasteiger partial charge < -0.3 is 5.32 Å². The summed E-state index contributed by atoms with van der Waals surface area (Å²) in [6, 6.07) is 10.5. The van der Waals surface area contributed by atoms with Gasteiger partial charge in [-0.15, -0.1) is 11.3 Å². The number of carbonyl (C=O) groups is 1. The molecule has 0 aliphatic carbocycles. The zero-order valence-corrected chi connectivity index (χ0v) is 15.4. The number of nitrogens with zero attached hydrogens (tertiary/aromatic N) is 1. The molecule has 1 aromatic heterocycles. The van der Waals surface area contributed by atoms with E-state index < -0.39 is 17.5 Å². The van der Waals surface area contributed by atoms with E-state index in [1.807, 2.05) is 31.2 Å². The van der Waals surface area contributed by atoms with Gasteiger partial charge in [0.1, 0.15) is 5.01 Å². The quantitative estimate of drug-likeness (QED) is 0.662. The zero-order chi connectivity index (χ0) is 18.7. The Bertz CT molecular complexity index is 941. The topological polar surface area (TPSA) is 42.0 Å². The number of carbonyl (C=O) groups excluding carboxylic acids is 1. The van der Waals surface area contributed by atoms with Crippen LogP contribution < -0.4 is 5.32 Å². The van der Waals surface area contributed by atoms with Crippen LogP contribution in [0.25, 0.3) is 10.6 Å². The van der Waals surface area contributed by atoms with E-state index in [2.05, 4.69) is 10.3 Å². The molecule has 0 spiro atoms. The van der Waals surface area contributed by atoms with Crippen LogP contribution in [0, 0.1) is 18.6 Å². The second kappa shape index (κ2) is 7.93. The minimum atomic E-state index is -1.04. The van der Waals surface area contributed by atoms with Crippen molar-refractivity contribution in [1.29, 1.82) is 0 Å². The van der Waals surface area contributed by atoms with Crippen molar-refractivity contribution in [3.63, 3.8) is 0 Å². The number of benzene rings is 2. The summed E-state index contributed by atoms with van der Waals surface area (Å²) in [5, 5.41) is 4.27. The number of rotatable bonds is 5. The Morgan fingerprint density at radius 3 is 2.58 bits per heavy atom. The molecule has 0 radical (unpaired) electrons.